The largest absolute Gasteiger partial charge is 0.478 e. The van der Waals surface area contributed by atoms with Gasteiger partial charge in [-0.3, -0.25) is 4.79 Å². The number of fused-ring (bicyclic) bond motifs is 1. The molecule has 0 saturated carbocycles. The lowest BCUT2D eigenvalue weighted by Gasteiger charge is -2.42. The Balaban J connectivity index is 1.75. The molecular weight excluding hydrogens is 350 g/mol. The average molecular weight is 377 g/mol. The third-order valence-electron chi connectivity index (χ3n) is 5.70. The van der Waals surface area contributed by atoms with Gasteiger partial charge >= 0.3 is 5.97 Å². The first-order valence-corrected chi connectivity index (χ1v) is 9.56. The molecule has 28 heavy (non-hydrogen) atoms. The van der Waals surface area contributed by atoms with E-state index in [0.29, 0.717) is 5.69 Å². The monoisotopic (exact) mass is 377 g/mol. The van der Waals surface area contributed by atoms with Crippen LogP contribution in [-0.2, 0) is 15.6 Å². The molecule has 2 N–H and O–H groups in total. The average Bonchev–Trinajstić information content (AvgIpc) is 2.64. The summed E-state index contributed by atoms with van der Waals surface area (Å²) in [5.74, 6) is -1.24. The Morgan fingerprint density at radius 1 is 0.929 bits per heavy atom. The Kier molecular flexibility index (Phi) is 5.16. The third kappa shape index (κ3) is 4.16. The van der Waals surface area contributed by atoms with Crippen LogP contribution in [0.1, 0.15) is 67.6 Å². The molecule has 0 bridgehead atoms. The predicted molar refractivity (Wildman–Crippen MR) is 113 cm³/mol. The van der Waals surface area contributed by atoms with Crippen LogP contribution in [0.25, 0.3) is 6.08 Å². The summed E-state index contributed by atoms with van der Waals surface area (Å²) < 4.78 is 0. The van der Waals surface area contributed by atoms with E-state index in [4.69, 9.17) is 5.11 Å². The van der Waals surface area contributed by atoms with Crippen LogP contribution in [0.5, 0.6) is 0 Å². The van der Waals surface area contributed by atoms with Gasteiger partial charge in [0.15, 0.2) is 0 Å². The fourth-order valence-corrected chi connectivity index (χ4v) is 3.76. The van der Waals surface area contributed by atoms with Crippen molar-refractivity contribution in [3.63, 3.8) is 0 Å². The summed E-state index contributed by atoms with van der Waals surface area (Å²) in [5, 5.41) is 11.7. The van der Waals surface area contributed by atoms with E-state index >= 15 is 0 Å². The number of benzene rings is 2. The van der Waals surface area contributed by atoms with Crippen LogP contribution in [0.4, 0.5) is 5.69 Å². The Labute approximate surface area is 166 Å². The number of amides is 1. The van der Waals surface area contributed by atoms with Crippen molar-refractivity contribution in [2.75, 3.05) is 5.32 Å². The molecular formula is C24H27NO3. The lowest BCUT2D eigenvalue weighted by molar-refractivity contribution is -0.111. The summed E-state index contributed by atoms with van der Waals surface area (Å²) in [7, 11) is 0. The fraction of sp³-hybridized carbons (Fsp3) is 0.333. The zero-order chi connectivity index (χ0) is 20.5. The quantitative estimate of drug-likeness (QED) is 0.703. The Morgan fingerprint density at radius 3 is 2.14 bits per heavy atom. The van der Waals surface area contributed by atoms with Crippen LogP contribution in [0.15, 0.2) is 48.5 Å². The number of carboxylic acid groups (broad SMARTS) is 1. The molecule has 0 radical (unpaired) electrons. The Hall–Kier alpha value is -2.88. The first-order valence-electron chi connectivity index (χ1n) is 9.56. The minimum atomic E-state index is -0.990. The molecule has 0 aromatic heterocycles. The van der Waals surface area contributed by atoms with Crippen LogP contribution in [0, 0.1) is 0 Å². The topological polar surface area (TPSA) is 66.4 Å². The number of hydrogen-bond donors (Lipinski definition) is 2. The van der Waals surface area contributed by atoms with Crippen molar-refractivity contribution in [1.82, 2.24) is 0 Å². The highest BCUT2D eigenvalue weighted by molar-refractivity contribution is 6.02. The maximum absolute atomic E-state index is 12.2. The zero-order valence-corrected chi connectivity index (χ0v) is 16.9. The van der Waals surface area contributed by atoms with Crippen LogP contribution in [0.2, 0.25) is 0 Å². The van der Waals surface area contributed by atoms with Crippen LogP contribution >= 0.6 is 0 Å². The van der Waals surface area contributed by atoms with E-state index in [1.54, 1.807) is 12.1 Å². The molecule has 0 atom stereocenters. The van der Waals surface area contributed by atoms with Crippen molar-refractivity contribution in [2.24, 2.45) is 0 Å². The highest BCUT2D eigenvalue weighted by Gasteiger charge is 2.36. The number of anilines is 1. The van der Waals surface area contributed by atoms with E-state index in [1.165, 1.54) is 35.8 Å². The molecule has 0 aliphatic heterocycles. The number of nitrogens with one attached hydrogen (secondary N) is 1. The van der Waals surface area contributed by atoms with Gasteiger partial charge in [-0.2, -0.15) is 0 Å². The summed E-state index contributed by atoms with van der Waals surface area (Å²) in [6.07, 6.45) is 5.64. The molecule has 4 heteroatoms. The zero-order valence-electron chi connectivity index (χ0n) is 16.9. The summed E-state index contributed by atoms with van der Waals surface area (Å²) in [6.45, 7) is 9.14. The van der Waals surface area contributed by atoms with E-state index in [1.807, 2.05) is 6.08 Å². The molecule has 0 saturated heterocycles. The maximum atomic E-state index is 12.2. The van der Waals surface area contributed by atoms with Gasteiger partial charge < -0.3 is 10.4 Å². The van der Waals surface area contributed by atoms with Crippen molar-refractivity contribution in [1.29, 1.82) is 0 Å². The van der Waals surface area contributed by atoms with Gasteiger partial charge in [-0.1, -0.05) is 45.9 Å². The minimum absolute atomic E-state index is 0.128. The van der Waals surface area contributed by atoms with Crippen molar-refractivity contribution >= 4 is 23.6 Å². The number of aromatic carboxylic acids is 1. The predicted octanol–water partition coefficient (Wildman–Crippen LogP) is 5.39. The SMILES string of the molecule is CC1(C)CCC(C)(C)c2cc(C=CC(=O)Nc3ccc(C(=O)O)cc3)ccc21. The van der Waals surface area contributed by atoms with E-state index in [-0.39, 0.29) is 22.3 Å². The maximum Gasteiger partial charge on any atom is 0.335 e. The van der Waals surface area contributed by atoms with Gasteiger partial charge in [0, 0.05) is 11.8 Å². The van der Waals surface area contributed by atoms with Gasteiger partial charge in [0.2, 0.25) is 5.91 Å². The number of rotatable bonds is 4. The number of carbonyl (C=O) groups excluding carboxylic acids is 1. The second-order valence-corrected chi connectivity index (χ2v) is 8.78. The van der Waals surface area contributed by atoms with Crippen LogP contribution < -0.4 is 5.32 Å². The second kappa shape index (κ2) is 7.27. The summed E-state index contributed by atoms with van der Waals surface area (Å²) in [6, 6.07) is 12.6. The molecule has 1 aliphatic rings. The standard InChI is InChI=1S/C24H27NO3/c1-23(2)13-14-24(3,4)20-15-16(5-11-19(20)23)6-12-21(26)25-18-9-7-17(8-10-18)22(27)28/h5-12,15H,13-14H2,1-4H3,(H,25,26)(H,27,28). The second-order valence-electron chi connectivity index (χ2n) is 8.78. The molecule has 146 valence electrons. The van der Waals surface area contributed by atoms with E-state index in [0.717, 1.165) is 12.0 Å². The first kappa shape index (κ1) is 19.9. The molecule has 1 amide bonds. The van der Waals surface area contributed by atoms with Crippen LogP contribution in [0.3, 0.4) is 0 Å². The van der Waals surface area contributed by atoms with Gasteiger partial charge in [-0.15, -0.1) is 0 Å². The van der Waals surface area contributed by atoms with Gasteiger partial charge in [0.25, 0.3) is 0 Å². The van der Waals surface area contributed by atoms with Crippen LogP contribution in [-0.4, -0.2) is 17.0 Å². The molecule has 2 aromatic rings. The Morgan fingerprint density at radius 2 is 1.54 bits per heavy atom. The first-order chi connectivity index (χ1) is 13.1. The van der Waals surface area contributed by atoms with Gasteiger partial charge in [-0.25, -0.2) is 4.79 Å². The smallest absolute Gasteiger partial charge is 0.335 e. The van der Waals surface area contributed by atoms with E-state index in [2.05, 4.69) is 51.2 Å². The molecule has 2 aromatic carbocycles. The van der Waals surface area contributed by atoms with Crippen molar-refractivity contribution < 1.29 is 14.7 Å². The normalized spacial score (nSPS) is 17.1. The fourth-order valence-electron chi connectivity index (χ4n) is 3.76. The number of carbonyl (C=O) groups is 2. The van der Waals surface area contributed by atoms with Gasteiger partial charge in [-0.05, 0) is 70.7 Å². The lowest BCUT2D eigenvalue weighted by Crippen LogP contribution is -2.33. The molecule has 0 fully saturated rings. The minimum Gasteiger partial charge on any atom is -0.478 e. The van der Waals surface area contributed by atoms with Crippen molar-refractivity contribution in [3.05, 3.63) is 70.8 Å². The third-order valence-corrected chi connectivity index (χ3v) is 5.70. The van der Waals surface area contributed by atoms with E-state index < -0.39 is 5.97 Å². The summed E-state index contributed by atoms with van der Waals surface area (Å²) in [4.78, 5) is 23.1. The molecule has 0 heterocycles. The summed E-state index contributed by atoms with van der Waals surface area (Å²) in [5.41, 5.74) is 4.80. The van der Waals surface area contributed by atoms with Crippen molar-refractivity contribution in [3.8, 4) is 0 Å². The van der Waals surface area contributed by atoms with Crippen molar-refractivity contribution in [2.45, 2.75) is 51.4 Å². The molecule has 0 unspecified atom stereocenters. The van der Waals surface area contributed by atoms with Gasteiger partial charge in [0.05, 0.1) is 5.56 Å². The lowest BCUT2D eigenvalue weighted by atomic mass is 9.63. The Bertz CT molecular complexity index is 937. The highest BCUT2D eigenvalue weighted by Crippen LogP contribution is 2.45. The number of carboxylic acids is 1. The van der Waals surface area contributed by atoms with E-state index in [9.17, 15) is 9.59 Å². The van der Waals surface area contributed by atoms with Gasteiger partial charge in [0.1, 0.15) is 0 Å². The molecule has 4 nitrogen and oxygen atoms in total. The summed E-state index contributed by atoms with van der Waals surface area (Å²) >= 11 is 0. The highest BCUT2D eigenvalue weighted by atomic mass is 16.4. The number of hydrogen-bond acceptors (Lipinski definition) is 2. The molecule has 3 rings (SSSR count). The molecule has 1 aliphatic carbocycles. The molecule has 0 spiro atoms.